The molecule has 4 aromatic rings. The highest BCUT2D eigenvalue weighted by molar-refractivity contribution is 5.31. The molecule has 0 aliphatic rings. The number of hydrogen-bond acceptors (Lipinski definition) is 7. The Morgan fingerprint density at radius 2 is 1.00 bits per heavy atom. The molecule has 0 aliphatic heterocycles. The van der Waals surface area contributed by atoms with Crippen molar-refractivity contribution < 1.29 is 10.2 Å². The fourth-order valence-corrected chi connectivity index (χ4v) is 4.07. The lowest BCUT2D eigenvalue weighted by Crippen LogP contribution is -2.40. The van der Waals surface area contributed by atoms with E-state index in [-0.39, 0.29) is 5.75 Å². The molecule has 1 unspecified atom stereocenters. The zero-order valence-electron chi connectivity index (χ0n) is 19.7. The standard InChI is InChI=1S/C28H31N5O2/c34-27(22-33(19-25-11-4-7-15-30-25)20-26-12-5-8-16-31-26)21-32(18-24-10-3-6-14-29-24)17-23-9-1-2-13-28(23)35/h1-16,27,34-35H,17-22H2. The van der Waals surface area contributed by atoms with Crippen molar-refractivity contribution in [1.82, 2.24) is 24.8 Å². The van der Waals surface area contributed by atoms with Crippen LogP contribution in [0.3, 0.4) is 0 Å². The first-order valence-electron chi connectivity index (χ1n) is 11.7. The summed E-state index contributed by atoms with van der Waals surface area (Å²) >= 11 is 0. The summed E-state index contributed by atoms with van der Waals surface area (Å²) in [4.78, 5) is 17.6. The van der Waals surface area contributed by atoms with Crippen LogP contribution >= 0.6 is 0 Å². The van der Waals surface area contributed by atoms with Crippen LogP contribution in [0.5, 0.6) is 5.75 Å². The van der Waals surface area contributed by atoms with Crippen LogP contribution in [0.2, 0.25) is 0 Å². The molecular formula is C28H31N5O2. The number of benzene rings is 1. The molecule has 0 saturated carbocycles. The topological polar surface area (TPSA) is 85.6 Å². The zero-order valence-corrected chi connectivity index (χ0v) is 19.7. The van der Waals surface area contributed by atoms with Crippen LogP contribution in [0.15, 0.2) is 97.5 Å². The molecule has 1 aromatic carbocycles. The summed E-state index contributed by atoms with van der Waals surface area (Å²) < 4.78 is 0. The number of aromatic nitrogens is 3. The highest BCUT2D eigenvalue weighted by atomic mass is 16.3. The van der Waals surface area contributed by atoms with Gasteiger partial charge in [-0.2, -0.15) is 0 Å². The lowest BCUT2D eigenvalue weighted by molar-refractivity contribution is 0.0616. The van der Waals surface area contributed by atoms with E-state index < -0.39 is 6.10 Å². The molecule has 0 amide bonds. The van der Waals surface area contributed by atoms with Gasteiger partial charge in [-0.1, -0.05) is 36.4 Å². The largest absolute Gasteiger partial charge is 0.508 e. The molecule has 0 bridgehead atoms. The average molecular weight is 470 g/mol. The third kappa shape index (κ3) is 7.96. The summed E-state index contributed by atoms with van der Waals surface area (Å²) in [5, 5.41) is 21.5. The number of aromatic hydroxyl groups is 1. The summed E-state index contributed by atoms with van der Waals surface area (Å²) in [7, 11) is 0. The first kappa shape index (κ1) is 24.5. The minimum Gasteiger partial charge on any atom is -0.508 e. The number of nitrogens with zero attached hydrogens (tertiary/aromatic N) is 5. The van der Waals surface area contributed by atoms with E-state index in [1.54, 1.807) is 24.7 Å². The quantitative estimate of drug-likeness (QED) is 0.328. The van der Waals surface area contributed by atoms with Crippen molar-refractivity contribution in [1.29, 1.82) is 0 Å². The van der Waals surface area contributed by atoms with Gasteiger partial charge in [0.15, 0.2) is 0 Å². The number of phenols is 1. The predicted molar refractivity (Wildman–Crippen MR) is 135 cm³/mol. The predicted octanol–water partition coefficient (Wildman–Crippen LogP) is 3.64. The van der Waals surface area contributed by atoms with Gasteiger partial charge in [-0.15, -0.1) is 0 Å². The third-order valence-electron chi connectivity index (χ3n) is 5.66. The number of rotatable bonds is 12. The third-order valence-corrected chi connectivity index (χ3v) is 5.66. The summed E-state index contributed by atoms with van der Waals surface area (Å²) in [5.74, 6) is 0.250. The van der Waals surface area contributed by atoms with Crippen LogP contribution in [-0.2, 0) is 26.2 Å². The van der Waals surface area contributed by atoms with E-state index in [0.29, 0.717) is 39.3 Å². The number of pyridine rings is 3. The van der Waals surface area contributed by atoms with E-state index in [4.69, 9.17) is 0 Å². The van der Waals surface area contributed by atoms with E-state index in [1.807, 2.05) is 72.8 Å². The lowest BCUT2D eigenvalue weighted by Gasteiger charge is -2.29. The van der Waals surface area contributed by atoms with Crippen molar-refractivity contribution in [2.45, 2.75) is 32.3 Å². The molecular weight excluding hydrogens is 438 g/mol. The maximum absolute atomic E-state index is 11.2. The zero-order chi connectivity index (χ0) is 24.3. The van der Waals surface area contributed by atoms with Gasteiger partial charge in [0.05, 0.1) is 23.2 Å². The van der Waals surface area contributed by atoms with E-state index in [0.717, 1.165) is 22.6 Å². The molecule has 7 nitrogen and oxygen atoms in total. The Labute approximate surface area is 206 Å². The van der Waals surface area contributed by atoms with Crippen LogP contribution in [0.4, 0.5) is 0 Å². The molecule has 4 rings (SSSR count). The Kier molecular flexibility index (Phi) is 8.89. The van der Waals surface area contributed by atoms with Crippen molar-refractivity contribution in [2.24, 2.45) is 0 Å². The number of phenolic OH excluding ortho intramolecular Hbond substituents is 1. The van der Waals surface area contributed by atoms with Crippen LogP contribution in [0, 0.1) is 0 Å². The molecule has 180 valence electrons. The molecule has 0 radical (unpaired) electrons. The van der Waals surface area contributed by atoms with Crippen LogP contribution in [0.25, 0.3) is 0 Å². The fourth-order valence-electron chi connectivity index (χ4n) is 4.07. The number of hydrogen-bond donors (Lipinski definition) is 2. The first-order chi connectivity index (χ1) is 17.2. The highest BCUT2D eigenvalue weighted by Gasteiger charge is 2.19. The lowest BCUT2D eigenvalue weighted by atomic mass is 10.1. The SMILES string of the molecule is Oc1ccccc1CN(Cc1ccccn1)CC(O)CN(Cc1ccccn1)Cc1ccccn1. The molecule has 3 heterocycles. The van der Waals surface area contributed by atoms with Gasteiger partial charge in [0.2, 0.25) is 0 Å². The first-order valence-corrected chi connectivity index (χ1v) is 11.7. The Morgan fingerprint density at radius 3 is 1.43 bits per heavy atom. The molecule has 0 spiro atoms. The number of aliphatic hydroxyl groups is 1. The number of aliphatic hydroxyl groups excluding tert-OH is 1. The Hall–Kier alpha value is -3.65. The second-order valence-corrected chi connectivity index (χ2v) is 8.59. The van der Waals surface area contributed by atoms with Crippen molar-refractivity contribution in [3.8, 4) is 5.75 Å². The Bertz CT molecular complexity index is 1100. The van der Waals surface area contributed by atoms with Crippen molar-refractivity contribution in [3.63, 3.8) is 0 Å². The van der Waals surface area contributed by atoms with Crippen molar-refractivity contribution in [2.75, 3.05) is 13.1 Å². The fraction of sp³-hybridized carbons (Fsp3) is 0.250. The van der Waals surface area contributed by atoms with Gasteiger partial charge in [-0.25, -0.2) is 0 Å². The molecule has 2 N–H and O–H groups in total. The summed E-state index contributed by atoms with van der Waals surface area (Å²) in [5.41, 5.74) is 3.61. The van der Waals surface area contributed by atoms with E-state index in [1.165, 1.54) is 0 Å². The average Bonchev–Trinajstić information content (AvgIpc) is 2.87. The second kappa shape index (κ2) is 12.7. The Morgan fingerprint density at radius 1 is 0.571 bits per heavy atom. The van der Waals surface area contributed by atoms with E-state index in [2.05, 4.69) is 24.8 Å². The summed E-state index contributed by atoms with van der Waals surface area (Å²) in [6.07, 6.45) is 4.71. The molecule has 3 aromatic heterocycles. The van der Waals surface area contributed by atoms with Gasteiger partial charge >= 0.3 is 0 Å². The van der Waals surface area contributed by atoms with Gasteiger partial charge in [-0.05, 0) is 42.5 Å². The molecule has 0 fully saturated rings. The van der Waals surface area contributed by atoms with Crippen molar-refractivity contribution in [3.05, 3.63) is 120 Å². The van der Waals surface area contributed by atoms with Gasteiger partial charge in [0, 0.05) is 63.4 Å². The van der Waals surface area contributed by atoms with Crippen molar-refractivity contribution >= 4 is 0 Å². The minimum atomic E-state index is -0.628. The van der Waals surface area contributed by atoms with Crippen LogP contribution in [0.1, 0.15) is 22.6 Å². The summed E-state index contributed by atoms with van der Waals surface area (Å²) in [6.45, 7) is 3.15. The Balaban J connectivity index is 1.47. The van der Waals surface area contributed by atoms with Crippen LogP contribution in [-0.4, -0.2) is 54.2 Å². The normalized spacial score (nSPS) is 12.2. The van der Waals surface area contributed by atoms with Crippen LogP contribution < -0.4 is 0 Å². The molecule has 0 saturated heterocycles. The van der Waals surface area contributed by atoms with Gasteiger partial charge < -0.3 is 10.2 Å². The minimum absolute atomic E-state index is 0.250. The van der Waals surface area contributed by atoms with Gasteiger partial charge in [-0.3, -0.25) is 24.8 Å². The van der Waals surface area contributed by atoms with Gasteiger partial charge in [0.25, 0.3) is 0 Å². The maximum Gasteiger partial charge on any atom is 0.120 e. The highest BCUT2D eigenvalue weighted by Crippen LogP contribution is 2.19. The second-order valence-electron chi connectivity index (χ2n) is 8.59. The molecule has 35 heavy (non-hydrogen) atoms. The molecule has 7 heteroatoms. The van der Waals surface area contributed by atoms with E-state index in [9.17, 15) is 10.2 Å². The summed E-state index contributed by atoms with van der Waals surface area (Å²) in [6, 6.07) is 24.8. The number of para-hydroxylation sites is 1. The smallest absolute Gasteiger partial charge is 0.120 e. The van der Waals surface area contributed by atoms with E-state index >= 15 is 0 Å². The maximum atomic E-state index is 11.2. The molecule has 0 aliphatic carbocycles. The monoisotopic (exact) mass is 469 g/mol. The molecule has 1 atom stereocenters. The van der Waals surface area contributed by atoms with Gasteiger partial charge in [0.1, 0.15) is 5.75 Å².